The molecule has 0 atom stereocenters. The van der Waals surface area contributed by atoms with Crippen molar-refractivity contribution in [2.24, 2.45) is 0 Å². The second-order valence-corrected chi connectivity index (χ2v) is 5.98. The molecule has 2 N–H and O–H groups in total. The van der Waals surface area contributed by atoms with Crippen LogP contribution in [-0.4, -0.2) is 26.6 Å². The number of aromatic amines is 1. The minimum atomic E-state index is -0.0980. The van der Waals surface area contributed by atoms with E-state index in [9.17, 15) is 4.79 Å². The van der Waals surface area contributed by atoms with Crippen LogP contribution in [0.1, 0.15) is 0 Å². The summed E-state index contributed by atoms with van der Waals surface area (Å²) in [5.41, 5.74) is 0.974. The van der Waals surface area contributed by atoms with Gasteiger partial charge in [0.05, 0.1) is 16.0 Å². The number of carbonyl (C=O) groups excluding carboxylic acids is 1. The van der Waals surface area contributed by atoms with Gasteiger partial charge in [0.15, 0.2) is 4.34 Å². The van der Waals surface area contributed by atoms with Crippen LogP contribution in [0.15, 0.2) is 41.0 Å². The molecule has 0 aliphatic carbocycles. The van der Waals surface area contributed by atoms with Gasteiger partial charge in [-0.25, -0.2) is 9.97 Å². The normalized spacial score (nSPS) is 10.7. The first-order valence-electron chi connectivity index (χ1n) is 5.59. The molecule has 0 saturated heterocycles. The monoisotopic (exact) mass is 290 g/mol. The number of imidazole rings is 1. The van der Waals surface area contributed by atoms with Crippen LogP contribution in [0.4, 0.5) is 5.95 Å². The van der Waals surface area contributed by atoms with E-state index in [1.807, 2.05) is 24.3 Å². The van der Waals surface area contributed by atoms with E-state index >= 15 is 0 Å². The molecular formula is C12H10N4OS2. The Morgan fingerprint density at radius 1 is 1.42 bits per heavy atom. The number of para-hydroxylation sites is 1. The van der Waals surface area contributed by atoms with Crippen LogP contribution in [0.25, 0.3) is 10.2 Å². The van der Waals surface area contributed by atoms with Gasteiger partial charge in [0.2, 0.25) is 11.9 Å². The second kappa shape index (κ2) is 5.41. The van der Waals surface area contributed by atoms with Crippen LogP contribution in [0.2, 0.25) is 0 Å². The number of thiazole rings is 1. The molecule has 1 amide bonds. The first-order chi connectivity index (χ1) is 9.31. The van der Waals surface area contributed by atoms with E-state index in [1.165, 1.54) is 11.8 Å². The largest absolute Gasteiger partial charge is 0.331 e. The molecular weight excluding hydrogens is 280 g/mol. The summed E-state index contributed by atoms with van der Waals surface area (Å²) in [7, 11) is 0. The number of fused-ring (bicyclic) bond motifs is 1. The lowest BCUT2D eigenvalue weighted by Crippen LogP contribution is -2.14. The van der Waals surface area contributed by atoms with Crippen LogP contribution in [0.3, 0.4) is 0 Å². The van der Waals surface area contributed by atoms with Gasteiger partial charge < -0.3 is 4.98 Å². The van der Waals surface area contributed by atoms with E-state index in [-0.39, 0.29) is 5.91 Å². The minimum absolute atomic E-state index is 0.0980. The lowest BCUT2D eigenvalue weighted by molar-refractivity contribution is -0.113. The lowest BCUT2D eigenvalue weighted by Gasteiger charge is -1.99. The van der Waals surface area contributed by atoms with E-state index in [1.54, 1.807) is 23.7 Å². The predicted octanol–water partition coefficient (Wildman–Crippen LogP) is 2.75. The number of nitrogens with one attached hydrogen (secondary N) is 2. The van der Waals surface area contributed by atoms with Crippen molar-refractivity contribution < 1.29 is 4.79 Å². The Morgan fingerprint density at radius 2 is 2.32 bits per heavy atom. The number of hydrogen-bond acceptors (Lipinski definition) is 5. The van der Waals surface area contributed by atoms with Crippen LogP contribution in [-0.2, 0) is 4.79 Å². The van der Waals surface area contributed by atoms with Crippen molar-refractivity contribution in [1.29, 1.82) is 0 Å². The molecule has 96 valence electrons. The van der Waals surface area contributed by atoms with Crippen molar-refractivity contribution in [3.63, 3.8) is 0 Å². The van der Waals surface area contributed by atoms with Gasteiger partial charge in [-0.1, -0.05) is 23.9 Å². The zero-order valence-electron chi connectivity index (χ0n) is 9.79. The van der Waals surface area contributed by atoms with Crippen molar-refractivity contribution in [3.8, 4) is 0 Å². The topological polar surface area (TPSA) is 70.7 Å². The number of benzene rings is 1. The Balaban J connectivity index is 1.61. The van der Waals surface area contributed by atoms with Gasteiger partial charge in [-0.05, 0) is 12.1 Å². The average molecular weight is 290 g/mol. The van der Waals surface area contributed by atoms with Gasteiger partial charge >= 0.3 is 0 Å². The van der Waals surface area contributed by atoms with E-state index in [2.05, 4.69) is 20.3 Å². The van der Waals surface area contributed by atoms with Crippen LogP contribution in [0.5, 0.6) is 0 Å². The van der Waals surface area contributed by atoms with Gasteiger partial charge in [0.25, 0.3) is 0 Å². The fraction of sp³-hybridized carbons (Fsp3) is 0.0833. The van der Waals surface area contributed by atoms with Gasteiger partial charge in [0, 0.05) is 12.4 Å². The van der Waals surface area contributed by atoms with Crippen molar-refractivity contribution in [3.05, 3.63) is 36.7 Å². The van der Waals surface area contributed by atoms with E-state index in [0.717, 1.165) is 14.6 Å². The molecule has 0 fully saturated rings. The third-order valence-electron chi connectivity index (χ3n) is 2.36. The molecule has 3 rings (SSSR count). The maximum Gasteiger partial charge on any atom is 0.237 e. The highest BCUT2D eigenvalue weighted by molar-refractivity contribution is 8.01. The highest BCUT2D eigenvalue weighted by Gasteiger charge is 2.08. The summed E-state index contributed by atoms with van der Waals surface area (Å²) in [4.78, 5) is 22.9. The molecule has 3 aromatic rings. The lowest BCUT2D eigenvalue weighted by atomic mass is 10.3. The summed E-state index contributed by atoms with van der Waals surface area (Å²) >= 11 is 3.03. The number of hydrogen-bond donors (Lipinski definition) is 2. The third-order valence-corrected chi connectivity index (χ3v) is 4.54. The number of nitrogens with zero attached hydrogens (tertiary/aromatic N) is 2. The van der Waals surface area contributed by atoms with Crippen molar-refractivity contribution in [2.45, 2.75) is 4.34 Å². The molecule has 7 heteroatoms. The summed E-state index contributed by atoms with van der Waals surface area (Å²) in [5, 5.41) is 2.68. The first-order valence-corrected chi connectivity index (χ1v) is 7.39. The SMILES string of the molecule is O=C(CSc1nc2ccccc2s1)Nc1ncc[nH]1. The molecule has 0 saturated carbocycles. The number of anilines is 1. The van der Waals surface area contributed by atoms with Crippen molar-refractivity contribution >= 4 is 45.2 Å². The fourth-order valence-electron chi connectivity index (χ4n) is 1.54. The highest BCUT2D eigenvalue weighted by Crippen LogP contribution is 2.29. The molecule has 0 aliphatic rings. The standard InChI is InChI=1S/C12H10N4OS2/c17-10(16-11-13-5-6-14-11)7-18-12-15-8-3-1-2-4-9(8)19-12/h1-6H,7H2,(H2,13,14,16,17). The van der Waals surface area contributed by atoms with Gasteiger partial charge in [-0.3, -0.25) is 10.1 Å². The molecule has 19 heavy (non-hydrogen) atoms. The highest BCUT2D eigenvalue weighted by atomic mass is 32.2. The Bertz CT molecular complexity index is 660. The summed E-state index contributed by atoms with van der Waals surface area (Å²) in [5.74, 6) is 0.690. The van der Waals surface area contributed by atoms with Crippen molar-refractivity contribution in [2.75, 3.05) is 11.1 Å². The molecule has 1 aromatic carbocycles. The van der Waals surface area contributed by atoms with Gasteiger partial charge in [-0.2, -0.15) is 0 Å². The van der Waals surface area contributed by atoms with Gasteiger partial charge in [0.1, 0.15) is 0 Å². The maximum atomic E-state index is 11.7. The summed E-state index contributed by atoms with van der Waals surface area (Å²) in [6.07, 6.45) is 3.26. The maximum absolute atomic E-state index is 11.7. The molecule has 0 bridgehead atoms. The Kier molecular flexibility index (Phi) is 3.47. The number of rotatable bonds is 4. The molecule has 2 aromatic heterocycles. The smallest absolute Gasteiger partial charge is 0.237 e. The molecule has 5 nitrogen and oxygen atoms in total. The zero-order valence-corrected chi connectivity index (χ0v) is 11.4. The predicted molar refractivity (Wildman–Crippen MR) is 77.6 cm³/mol. The number of carbonyl (C=O) groups is 1. The zero-order chi connectivity index (χ0) is 13.1. The average Bonchev–Trinajstić information content (AvgIpc) is 3.04. The number of amides is 1. The van der Waals surface area contributed by atoms with Gasteiger partial charge in [-0.15, -0.1) is 11.3 Å². The summed E-state index contributed by atoms with van der Waals surface area (Å²) < 4.78 is 2.03. The Labute approximate surface area is 117 Å². The summed E-state index contributed by atoms with van der Waals surface area (Å²) in [6, 6.07) is 7.94. The molecule has 2 heterocycles. The molecule has 0 radical (unpaired) electrons. The van der Waals surface area contributed by atoms with Crippen LogP contribution < -0.4 is 5.32 Å². The third kappa shape index (κ3) is 2.94. The fourth-order valence-corrected chi connectivity index (χ4v) is 3.41. The quantitative estimate of drug-likeness (QED) is 0.725. The summed E-state index contributed by atoms with van der Waals surface area (Å²) in [6.45, 7) is 0. The van der Waals surface area contributed by atoms with E-state index in [4.69, 9.17) is 0 Å². The second-order valence-electron chi connectivity index (χ2n) is 3.72. The van der Waals surface area contributed by atoms with Crippen LogP contribution >= 0.6 is 23.1 Å². The van der Waals surface area contributed by atoms with Crippen molar-refractivity contribution in [1.82, 2.24) is 15.0 Å². The van der Waals surface area contributed by atoms with E-state index in [0.29, 0.717) is 11.7 Å². The number of aromatic nitrogens is 3. The molecule has 0 unspecified atom stereocenters. The Hall–Kier alpha value is -1.86. The minimum Gasteiger partial charge on any atom is -0.331 e. The Morgan fingerprint density at radius 3 is 3.11 bits per heavy atom. The number of H-pyrrole nitrogens is 1. The first kappa shape index (κ1) is 12.2. The van der Waals surface area contributed by atoms with E-state index < -0.39 is 0 Å². The number of thioether (sulfide) groups is 1. The molecule has 0 aliphatic heterocycles. The molecule has 0 spiro atoms. The van der Waals surface area contributed by atoms with Crippen LogP contribution in [0, 0.1) is 0 Å².